The molecule has 21 heavy (non-hydrogen) atoms. The van der Waals surface area contributed by atoms with E-state index < -0.39 is 12.1 Å². The van der Waals surface area contributed by atoms with E-state index in [-0.39, 0.29) is 35.9 Å². The Labute approximate surface area is 125 Å². The largest absolute Gasteiger partial charge is 0.453 e. The average Bonchev–Trinajstić information content (AvgIpc) is 2.99. The molecule has 2 bridgehead atoms. The molecule has 0 aromatic rings. The third-order valence-corrected chi connectivity index (χ3v) is 4.86. The first kappa shape index (κ1) is 16.1. The number of rotatable bonds is 4. The first-order valence-corrected chi connectivity index (χ1v) is 7.75. The van der Waals surface area contributed by atoms with E-state index in [1.165, 1.54) is 7.11 Å². The van der Waals surface area contributed by atoms with Crippen LogP contribution in [0.4, 0.5) is 4.79 Å². The molecule has 0 spiro atoms. The first-order valence-electron chi connectivity index (χ1n) is 7.75. The maximum Gasteiger partial charge on any atom is 0.407 e. The third kappa shape index (κ3) is 2.86. The number of hydrogen-bond donors (Lipinski definition) is 2. The molecule has 120 valence electrons. The number of carbonyl (C=O) groups excluding carboxylic acids is 2. The maximum atomic E-state index is 12.9. The number of aliphatic hydroxyl groups is 1. The highest BCUT2D eigenvalue weighted by atomic mass is 16.5. The van der Waals surface area contributed by atoms with E-state index in [2.05, 4.69) is 10.1 Å². The fraction of sp³-hybridized carbons (Fsp3) is 0.867. The zero-order valence-electron chi connectivity index (χ0n) is 13.2. The van der Waals surface area contributed by atoms with E-state index in [0.717, 1.165) is 12.8 Å². The molecule has 0 aromatic carbocycles. The van der Waals surface area contributed by atoms with Crippen LogP contribution in [0.15, 0.2) is 0 Å². The van der Waals surface area contributed by atoms with Crippen molar-refractivity contribution in [1.82, 2.24) is 10.2 Å². The molecule has 1 saturated carbocycles. The molecule has 5 atom stereocenters. The number of nitrogens with one attached hydrogen (secondary N) is 1. The number of likely N-dealkylation sites (tertiary alicyclic amines) is 1. The van der Waals surface area contributed by atoms with E-state index in [1.54, 1.807) is 0 Å². The molecule has 1 aliphatic heterocycles. The van der Waals surface area contributed by atoms with Gasteiger partial charge in [0.1, 0.15) is 6.04 Å². The van der Waals surface area contributed by atoms with Gasteiger partial charge in [0.05, 0.1) is 13.2 Å². The Morgan fingerprint density at radius 1 is 1.38 bits per heavy atom. The summed E-state index contributed by atoms with van der Waals surface area (Å²) >= 11 is 0. The lowest BCUT2D eigenvalue weighted by Gasteiger charge is -2.39. The number of hydrogen-bond acceptors (Lipinski definition) is 4. The van der Waals surface area contributed by atoms with E-state index in [0.29, 0.717) is 6.42 Å². The van der Waals surface area contributed by atoms with Gasteiger partial charge in [0, 0.05) is 18.0 Å². The predicted molar refractivity (Wildman–Crippen MR) is 77.6 cm³/mol. The minimum atomic E-state index is -0.584. The molecule has 0 aromatic heterocycles. The Morgan fingerprint density at radius 3 is 2.57 bits per heavy atom. The molecule has 1 aliphatic carbocycles. The van der Waals surface area contributed by atoms with Crippen molar-refractivity contribution in [3.63, 3.8) is 0 Å². The Hall–Kier alpha value is -1.30. The van der Waals surface area contributed by atoms with Gasteiger partial charge in [0.25, 0.3) is 0 Å². The molecule has 1 saturated heterocycles. The van der Waals surface area contributed by atoms with Crippen molar-refractivity contribution in [2.75, 3.05) is 7.11 Å². The van der Waals surface area contributed by atoms with Crippen molar-refractivity contribution in [2.24, 2.45) is 11.8 Å². The minimum Gasteiger partial charge on any atom is -0.453 e. The second-order valence-electron chi connectivity index (χ2n) is 6.44. The summed E-state index contributed by atoms with van der Waals surface area (Å²) < 4.78 is 4.62. The molecule has 6 nitrogen and oxygen atoms in total. The maximum absolute atomic E-state index is 12.9. The van der Waals surface area contributed by atoms with Gasteiger partial charge in [-0.15, -0.1) is 0 Å². The fourth-order valence-electron chi connectivity index (χ4n) is 3.84. The normalized spacial score (nSPS) is 32.4. The van der Waals surface area contributed by atoms with Crippen LogP contribution in [-0.4, -0.2) is 53.3 Å². The molecule has 6 heteroatoms. The highest BCUT2D eigenvalue weighted by molar-refractivity contribution is 5.86. The Kier molecular flexibility index (Phi) is 4.76. The van der Waals surface area contributed by atoms with Crippen LogP contribution >= 0.6 is 0 Å². The predicted octanol–water partition coefficient (Wildman–Crippen LogP) is 1.13. The molecule has 2 fully saturated rings. The van der Waals surface area contributed by atoms with Crippen molar-refractivity contribution in [3.05, 3.63) is 0 Å². The molecule has 2 amide bonds. The second kappa shape index (κ2) is 6.22. The highest BCUT2D eigenvalue weighted by Crippen LogP contribution is 2.44. The van der Waals surface area contributed by atoms with Crippen LogP contribution < -0.4 is 5.32 Å². The van der Waals surface area contributed by atoms with Crippen molar-refractivity contribution < 1.29 is 19.4 Å². The number of fused-ring (bicyclic) bond motifs is 2. The first-order chi connectivity index (χ1) is 9.90. The molecule has 0 unspecified atom stereocenters. The van der Waals surface area contributed by atoms with Crippen LogP contribution in [0.2, 0.25) is 0 Å². The van der Waals surface area contributed by atoms with Gasteiger partial charge >= 0.3 is 6.09 Å². The summed E-state index contributed by atoms with van der Waals surface area (Å²) in [5.41, 5.74) is 0. The fourth-order valence-corrected chi connectivity index (χ4v) is 3.84. The van der Waals surface area contributed by atoms with Crippen LogP contribution in [0.1, 0.15) is 40.0 Å². The lowest BCUT2D eigenvalue weighted by molar-refractivity contribution is -0.140. The average molecular weight is 298 g/mol. The summed E-state index contributed by atoms with van der Waals surface area (Å²) in [4.78, 5) is 26.2. The number of methoxy groups -OCH3 is 1. The van der Waals surface area contributed by atoms with Crippen LogP contribution in [-0.2, 0) is 9.53 Å². The van der Waals surface area contributed by atoms with Crippen LogP contribution in [0, 0.1) is 11.8 Å². The lowest BCUT2D eigenvalue weighted by Crippen LogP contribution is -2.57. The minimum absolute atomic E-state index is 0.0156. The zero-order valence-corrected chi connectivity index (χ0v) is 13.2. The Morgan fingerprint density at radius 2 is 2.05 bits per heavy atom. The van der Waals surface area contributed by atoms with Crippen LogP contribution in [0.5, 0.6) is 0 Å². The van der Waals surface area contributed by atoms with Gasteiger partial charge < -0.3 is 20.1 Å². The molecular formula is C15H26N2O4. The highest BCUT2D eigenvalue weighted by Gasteiger charge is 2.53. The summed E-state index contributed by atoms with van der Waals surface area (Å²) in [5, 5.41) is 12.7. The SMILES string of the molecule is CC[C@@H]1[C@@H]2C[C@H](C[C@@H]2O)N1C(=O)[C@@H](NC(=O)OC)C(C)C. The number of ether oxygens (including phenoxy) is 1. The number of amides is 2. The number of nitrogens with zero attached hydrogens (tertiary/aromatic N) is 1. The summed E-state index contributed by atoms with van der Waals surface area (Å²) in [7, 11) is 1.29. The van der Waals surface area contributed by atoms with E-state index in [4.69, 9.17) is 0 Å². The van der Waals surface area contributed by atoms with Gasteiger partial charge in [0.2, 0.25) is 5.91 Å². The van der Waals surface area contributed by atoms with Crippen LogP contribution in [0.25, 0.3) is 0 Å². The van der Waals surface area contributed by atoms with E-state index >= 15 is 0 Å². The van der Waals surface area contributed by atoms with Gasteiger partial charge in [0.15, 0.2) is 0 Å². The van der Waals surface area contributed by atoms with Gasteiger partial charge in [-0.3, -0.25) is 4.79 Å². The third-order valence-electron chi connectivity index (χ3n) is 4.86. The Balaban J connectivity index is 2.15. The standard InChI is InChI=1S/C15H26N2O4/c1-5-11-10-6-9(7-12(10)18)17(11)14(19)13(8(2)3)16-15(20)21-4/h8-13,18H,5-7H2,1-4H3,(H,16,20)/t9-,10+,11-,12+,13+/m1/s1. The van der Waals surface area contributed by atoms with Crippen molar-refractivity contribution in [2.45, 2.75) is 64.3 Å². The summed E-state index contributed by atoms with van der Waals surface area (Å²) in [6.07, 6.45) is 1.46. The van der Waals surface area contributed by atoms with Gasteiger partial charge in [-0.2, -0.15) is 0 Å². The number of alkyl carbamates (subject to hydrolysis) is 1. The lowest BCUT2D eigenvalue weighted by atomic mass is 9.92. The zero-order chi connectivity index (χ0) is 15.7. The molecule has 2 rings (SSSR count). The van der Waals surface area contributed by atoms with Crippen molar-refractivity contribution in [1.29, 1.82) is 0 Å². The Bertz CT molecular complexity index is 412. The van der Waals surface area contributed by atoms with E-state index in [9.17, 15) is 14.7 Å². The second-order valence-corrected chi connectivity index (χ2v) is 6.44. The summed E-state index contributed by atoms with van der Waals surface area (Å²) in [5.74, 6) is 0.106. The topological polar surface area (TPSA) is 78.9 Å². The van der Waals surface area contributed by atoms with Crippen molar-refractivity contribution >= 4 is 12.0 Å². The molecule has 2 N–H and O–H groups in total. The van der Waals surface area contributed by atoms with Gasteiger partial charge in [-0.05, 0) is 25.2 Å². The smallest absolute Gasteiger partial charge is 0.407 e. The van der Waals surface area contributed by atoms with Crippen LogP contribution in [0.3, 0.4) is 0 Å². The summed E-state index contributed by atoms with van der Waals surface area (Å²) in [6, 6.07) is -0.405. The number of piperidine rings is 1. The molecule has 1 heterocycles. The van der Waals surface area contributed by atoms with Gasteiger partial charge in [-0.25, -0.2) is 4.79 Å². The van der Waals surface area contributed by atoms with E-state index in [1.807, 2.05) is 25.7 Å². The number of aliphatic hydroxyl groups excluding tert-OH is 1. The summed E-state index contributed by atoms with van der Waals surface area (Å²) in [6.45, 7) is 5.85. The van der Waals surface area contributed by atoms with Crippen molar-refractivity contribution in [3.8, 4) is 0 Å². The number of carbonyl (C=O) groups is 2. The molecular weight excluding hydrogens is 272 g/mol. The molecule has 2 aliphatic rings. The van der Waals surface area contributed by atoms with Gasteiger partial charge in [-0.1, -0.05) is 20.8 Å². The quantitative estimate of drug-likeness (QED) is 0.815. The molecule has 0 radical (unpaired) electrons. The monoisotopic (exact) mass is 298 g/mol.